The highest BCUT2D eigenvalue weighted by molar-refractivity contribution is 5.92. The molecule has 160 valence electrons. The molecular weight excluding hydrogens is 371 g/mol. The molecule has 7 heteroatoms. The fourth-order valence-electron chi connectivity index (χ4n) is 4.34. The monoisotopic (exact) mass is 404 g/mol. The number of aryl methyl sites for hydroxylation is 1. The van der Waals surface area contributed by atoms with Gasteiger partial charge in [0.05, 0.1) is 13.1 Å². The summed E-state index contributed by atoms with van der Waals surface area (Å²) in [7, 11) is 0. The molecule has 0 bridgehead atoms. The Kier molecular flexibility index (Phi) is 7.24. The van der Waals surface area contributed by atoms with Gasteiger partial charge in [0.1, 0.15) is 5.82 Å². The number of nitrogens with zero attached hydrogens (tertiary/aromatic N) is 3. The first kappa shape index (κ1) is 21.7. The Labute approximate surface area is 173 Å². The lowest BCUT2D eigenvalue weighted by atomic mass is 9.92. The number of carbonyl (C=O) groups excluding carboxylic acids is 2. The first-order valence-electron chi connectivity index (χ1n) is 10.6. The molecule has 0 saturated carbocycles. The van der Waals surface area contributed by atoms with Gasteiger partial charge in [-0.2, -0.15) is 0 Å². The van der Waals surface area contributed by atoms with E-state index in [1.165, 1.54) is 12.5 Å². The number of nitrogens with one attached hydrogen (secondary N) is 1. The summed E-state index contributed by atoms with van der Waals surface area (Å²) >= 11 is 0. The van der Waals surface area contributed by atoms with E-state index in [1.54, 1.807) is 19.1 Å². The fraction of sp³-hybridized carbons (Fsp3) is 0.636. The van der Waals surface area contributed by atoms with Gasteiger partial charge in [0.25, 0.3) is 0 Å². The summed E-state index contributed by atoms with van der Waals surface area (Å²) < 4.78 is 13.6. The second-order valence-electron chi connectivity index (χ2n) is 8.81. The van der Waals surface area contributed by atoms with Crippen LogP contribution in [0.25, 0.3) is 0 Å². The number of likely N-dealkylation sites (tertiary alicyclic amines) is 1. The molecule has 1 aromatic carbocycles. The number of anilines is 1. The van der Waals surface area contributed by atoms with Gasteiger partial charge in [-0.05, 0) is 42.9 Å². The van der Waals surface area contributed by atoms with E-state index in [4.69, 9.17) is 0 Å². The lowest BCUT2D eigenvalue weighted by molar-refractivity contribution is -0.135. The second kappa shape index (κ2) is 9.67. The number of piperazine rings is 1. The Hall–Kier alpha value is -1.99. The average Bonchev–Trinajstić information content (AvgIpc) is 2.65. The average molecular weight is 405 g/mol. The number of halogens is 1. The van der Waals surface area contributed by atoms with Crippen molar-refractivity contribution in [3.8, 4) is 0 Å². The number of carbonyl (C=O) groups is 2. The second-order valence-corrected chi connectivity index (χ2v) is 8.81. The maximum Gasteiger partial charge on any atom is 0.238 e. The molecule has 2 saturated heterocycles. The number of hydrogen-bond donors (Lipinski definition) is 1. The van der Waals surface area contributed by atoms with Crippen LogP contribution in [0.5, 0.6) is 0 Å². The number of rotatable bonds is 5. The van der Waals surface area contributed by atoms with Crippen molar-refractivity contribution in [1.82, 2.24) is 14.7 Å². The van der Waals surface area contributed by atoms with Gasteiger partial charge in [0.15, 0.2) is 0 Å². The van der Waals surface area contributed by atoms with Gasteiger partial charge in [-0.25, -0.2) is 4.39 Å². The van der Waals surface area contributed by atoms with Crippen molar-refractivity contribution in [2.75, 3.05) is 57.7 Å². The van der Waals surface area contributed by atoms with Crippen LogP contribution in [-0.2, 0) is 9.59 Å². The van der Waals surface area contributed by atoms with E-state index < -0.39 is 0 Å². The topological polar surface area (TPSA) is 55.9 Å². The summed E-state index contributed by atoms with van der Waals surface area (Å²) in [5.41, 5.74) is 1.04. The van der Waals surface area contributed by atoms with E-state index in [0.717, 1.165) is 39.3 Å². The van der Waals surface area contributed by atoms with Crippen LogP contribution in [0, 0.1) is 24.6 Å². The van der Waals surface area contributed by atoms with Gasteiger partial charge >= 0.3 is 0 Å². The molecule has 2 amide bonds. The van der Waals surface area contributed by atoms with Crippen LogP contribution >= 0.6 is 0 Å². The molecule has 1 N–H and O–H groups in total. The summed E-state index contributed by atoms with van der Waals surface area (Å²) in [6.45, 7) is 11.6. The van der Waals surface area contributed by atoms with Crippen molar-refractivity contribution in [2.45, 2.75) is 27.2 Å². The van der Waals surface area contributed by atoms with Crippen LogP contribution in [0.2, 0.25) is 0 Å². The highest BCUT2D eigenvalue weighted by atomic mass is 19.1. The minimum absolute atomic E-state index is 0.144. The third-order valence-electron chi connectivity index (χ3n) is 5.87. The summed E-state index contributed by atoms with van der Waals surface area (Å²) in [6.07, 6.45) is 1.19. The smallest absolute Gasteiger partial charge is 0.238 e. The van der Waals surface area contributed by atoms with E-state index in [-0.39, 0.29) is 24.2 Å². The summed E-state index contributed by atoms with van der Waals surface area (Å²) in [4.78, 5) is 31.2. The molecule has 29 heavy (non-hydrogen) atoms. The maximum atomic E-state index is 13.6. The summed E-state index contributed by atoms with van der Waals surface area (Å²) in [6, 6.07) is 4.71. The molecule has 2 aliphatic rings. The third-order valence-corrected chi connectivity index (χ3v) is 5.87. The number of hydrogen-bond acceptors (Lipinski definition) is 4. The van der Waals surface area contributed by atoms with Crippen molar-refractivity contribution in [3.63, 3.8) is 0 Å². The quantitative estimate of drug-likeness (QED) is 0.818. The van der Waals surface area contributed by atoms with Crippen LogP contribution in [0.15, 0.2) is 18.2 Å². The molecule has 2 fully saturated rings. The van der Waals surface area contributed by atoms with Crippen LogP contribution in [0.3, 0.4) is 0 Å². The fourth-order valence-corrected chi connectivity index (χ4v) is 4.34. The molecular formula is C22H33FN4O2. The largest absolute Gasteiger partial charge is 0.341 e. The standard InChI is InChI=1S/C22H33FN4O2/c1-16-10-17(2)13-27(12-16)22(29)15-26-8-6-25(7-9-26)14-21(28)24-19-5-4-18(3)20(23)11-19/h4-5,11,16-17H,6-10,12-15H2,1-3H3,(H,24,28)/t16-,17-/m1/s1. The van der Waals surface area contributed by atoms with Crippen molar-refractivity contribution in [3.05, 3.63) is 29.6 Å². The minimum Gasteiger partial charge on any atom is -0.341 e. The van der Waals surface area contributed by atoms with Gasteiger partial charge in [0, 0.05) is 45.0 Å². The Morgan fingerprint density at radius 1 is 1.03 bits per heavy atom. The summed E-state index contributed by atoms with van der Waals surface area (Å²) in [5.74, 6) is 0.892. The van der Waals surface area contributed by atoms with E-state index in [0.29, 0.717) is 29.6 Å². The number of piperidine rings is 1. The van der Waals surface area contributed by atoms with Gasteiger partial charge in [-0.1, -0.05) is 19.9 Å². The van der Waals surface area contributed by atoms with Crippen LogP contribution in [-0.4, -0.2) is 78.9 Å². The number of benzene rings is 1. The normalized spacial score (nSPS) is 23.8. The highest BCUT2D eigenvalue weighted by Crippen LogP contribution is 2.21. The van der Waals surface area contributed by atoms with Crippen molar-refractivity contribution < 1.29 is 14.0 Å². The zero-order valence-corrected chi connectivity index (χ0v) is 17.8. The van der Waals surface area contributed by atoms with E-state index in [9.17, 15) is 14.0 Å². The summed E-state index contributed by atoms with van der Waals surface area (Å²) in [5, 5.41) is 2.76. The molecule has 3 rings (SSSR count). The number of amides is 2. The van der Waals surface area contributed by atoms with Gasteiger partial charge in [0.2, 0.25) is 11.8 Å². The first-order valence-corrected chi connectivity index (χ1v) is 10.6. The Morgan fingerprint density at radius 3 is 2.21 bits per heavy atom. The molecule has 2 atom stereocenters. The Morgan fingerprint density at radius 2 is 1.62 bits per heavy atom. The first-order chi connectivity index (χ1) is 13.8. The molecule has 2 heterocycles. The predicted octanol–water partition coefficient (Wildman–Crippen LogP) is 2.19. The molecule has 2 aliphatic heterocycles. The lowest BCUT2D eigenvalue weighted by Crippen LogP contribution is -2.52. The van der Waals surface area contributed by atoms with Crippen molar-refractivity contribution >= 4 is 17.5 Å². The maximum absolute atomic E-state index is 13.6. The molecule has 0 aromatic heterocycles. The van der Waals surface area contributed by atoms with Crippen molar-refractivity contribution in [1.29, 1.82) is 0 Å². The SMILES string of the molecule is Cc1ccc(NC(=O)CN2CCN(CC(=O)N3C[C@H](C)C[C@@H](C)C3)CC2)cc1F. The lowest BCUT2D eigenvalue weighted by Gasteiger charge is -2.38. The predicted molar refractivity (Wildman–Crippen MR) is 112 cm³/mol. The van der Waals surface area contributed by atoms with E-state index in [1.807, 2.05) is 4.90 Å². The molecule has 6 nitrogen and oxygen atoms in total. The zero-order valence-electron chi connectivity index (χ0n) is 17.8. The molecule has 0 aliphatic carbocycles. The molecule has 0 radical (unpaired) electrons. The van der Waals surface area contributed by atoms with Gasteiger partial charge in [-0.15, -0.1) is 0 Å². The minimum atomic E-state index is -0.321. The molecule has 1 aromatic rings. The van der Waals surface area contributed by atoms with Gasteiger partial charge < -0.3 is 10.2 Å². The Balaban J connectivity index is 1.40. The Bertz CT molecular complexity index is 724. The highest BCUT2D eigenvalue weighted by Gasteiger charge is 2.27. The zero-order chi connectivity index (χ0) is 21.0. The third kappa shape index (κ3) is 6.24. The van der Waals surface area contributed by atoms with E-state index in [2.05, 4.69) is 29.0 Å². The van der Waals surface area contributed by atoms with Crippen LogP contribution in [0.1, 0.15) is 25.8 Å². The van der Waals surface area contributed by atoms with E-state index >= 15 is 0 Å². The molecule has 0 spiro atoms. The van der Waals surface area contributed by atoms with Crippen LogP contribution in [0.4, 0.5) is 10.1 Å². The van der Waals surface area contributed by atoms with Crippen LogP contribution < -0.4 is 5.32 Å². The van der Waals surface area contributed by atoms with Crippen molar-refractivity contribution in [2.24, 2.45) is 11.8 Å². The van der Waals surface area contributed by atoms with Gasteiger partial charge in [-0.3, -0.25) is 19.4 Å². The molecule has 0 unspecified atom stereocenters.